The fourth-order valence-electron chi connectivity index (χ4n) is 2.55. The van der Waals surface area contributed by atoms with E-state index in [1.807, 2.05) is 4.90 Å². The lowest BCUT2D eigenvalue weighted by atomic mass is 10.1. The Labute approximate surface area is 142 Å². The van der Waals surface area contributed by atoms with E-state index in [-0.39, 0.29) is 12.6 Å². The molecule has 1 fully saturated rings. The van der Waals surface area contributed by atoms with E-state index in [1.54, 1.807) is 0 Å². The Hall–Kier alpha value is -2.37. The number of hydrogen-bond donors (Lipinski definition) is 1. The molecule has 1 heterocycles. The molecule has 2 amide bonds. The van der Waals surface area contributed by atoms with E-state index in [1.165, 1.54) is 5.56 Å². The van der Waals surface area contributed by atoms with Crippen molar-refractivity contribution in [2.45, 2.75) is 52.1 Å². The zero-order valence-electron chi connectivity index (χ0n) is 14.3. The van der Waals surface area contributed by atoms with Gasteiger partial charge in [0, 0.05) is 19.0 Å². The molecule has 0 bridgehead atoms. The molecule has 128 valence electrons. The Morgan fingerprint density at radius 3 is 2.75 bits per heavy atom. The zero-order valence-corrected chi connectivity index (χ0v) is 14.3. The van der Waals surface area contributed by atoms with Crippen LogP contribution in [-0.2, 0) is 13.1 Å². The van der Waals surface area contributed by atoms with Crippen LogP contribution in [0.2, 0.25) is 0 Å². The predicted molar refractivity (Wildman–Crippen MR) is 90.4 cm³/mol. The first-order valence-corrected chi connectivity index (χ1v) is 8.56. The molecule has 0 unspecified atom stereocenters. The van der Waals surface area contributed by atoms with Crippen LogP contribution in [0.5, 0.6) is 0 Å². The van der Waals surface area contributed by atoms with E-state index in [2.05, 4.69) is 53.6 Å². The maximum Gasteiger partial charge on any atom is 0.318 e. The number of amides is 2. The molecular formula is C18H24N4O2. The standard InChI is InChI=1S/C18H24N4O2/c1-3-10-22(12-14-6-4-13(2)5-7-14)18(23)19-11-16-20-17(21-24-16)15-8-9-15/h4-7,15H,3,8-12H2,1-2H3,(H,19,23). The summed E-state index contributed by atoms with van der Waals surface area (Å²) in [7, 11) is 0. The van der Waals surface area contributed by atoms with Gasteiger partial charge < -0.3 is 14.7 Å². The molecule has 1 aliphatic carbocycles. The summed E-state index contributed by atoms with van der Waals surface area (Å²) in [6.45, 7) is 5.69. The number of aromatic nitrogens is 2. The summed E-state index contributed by atoms with van der Waals surface area (Å²) in [5.41, 5.74) is 2.34. The van der Waals surface area contributed by atoms with Crippen molar-refractivity contribution >= 4 is 6.03 Å². The molecule has 1 aromatic carbocycles. The summed E-state index contributed by atoms with van der Waals surface area (Å²) in [4.78, 5) is 18.6. The van der Waals surface area contributed by atoms with E-state index in [0.29, 0.717) is 24.9 Å². The number of hydrogen-bond acceptors (Lipinski definition) is 4. The van der Waals surface area contributed by atoms with Gasteiger partial charge in [-0.25, -0.2) is 4.79 Å². The zero-order chi connectivity index (χ0) is 16.9. The van der Waals surface area contributed by atoms with Gasteiger partial charge in [-0.2, -0.15) is 4.98 Å². The Kier molecular flexibility index (Phi) is 5.13. The molecule has 1 N–H and O–H groups in total. The van der Waals surface area contributed by atoms with E-state index < -0.39 is 0 Å². The van der Waals surface area contributed by atoms with Crippen molar-refractivity contribution in [3.8, 4) is 0 Å². The molecule has 6 heteroatoms. The molecule has 0 radical (unpaired) electrons. The fraction of sp³-hybridized carbons (Fsp3) is 0.500. The number of benzene rings is 1. The van der Waals surface area contributed by atoms with Crippen molar-refractivity contribution in [3.05, 3.63) is 47.1 Å². The molecule has 0 atom stereocenters. The highest BCUT2D eigenvalue weighted by molar-refractivity contribution is 5.74. The third-order valence-electron chi connectivity index (χ3n) is 4.09. The molecule has 1 saturated carbocycles. The van der Waals surface area contributed by atoms with Crippen LogP contribution >= 0.6 is 0 Å². The van der Waals surface area contributed by atoms with E-state index in [0.717, 1.165) is 30.7 Å². The molecule has 0 aliphatic heterocycles. The predicted octanol–water partition coefficient (Wildman–Crippen LogP) is 3.38. The third kappa shape index (κ3) is 4.34. The van der Waals surface area contributed by atoms with Gasteiger partial charge in [0.2, 0.25) is 5.89 Å². The van der Waals surface area contributed by atoms with Crippen molar-refractivity contribution in [2.24, 2.45) is 0 Å². The molecule has 1 aromatic heterocycles. The lowest BCUT2D eigenvalue weighted by Gasteiger charge is -2.22. The van der Waals surface area contributed by atoms with Gasteiger partial charge in [-0.05, 0) is 31.7 Å². The SMILES string of the molecule is CCCN(Cc1ccc(C)cc1)C(=O)NCc1nc(C2CC2)no1. The molecule has 1 aliphatic rings. The Morgan fingerprint density at radius 1 is 1.33 bits per heavy atom. The molecule has 2 aromatic rings. The van der Waals surface area contributed by atoms with Crippen LogP contribution in [0.25, 0.3) is 0 Å². The van der Waals surface area contributed by atoms with Crippen LogP contribution in [0.15, 0.2) is 28.8 Å². The Morgan fingerprint density at radius 2 is 2.08 bits per heavy atom. The van der Waals surface area contributed by atoms with Crippen molar-refractivity contribution in [3.63, 3.8) is 0 Å². The monoisotopic (exact) mass is 328 g/mol. The van der Waals surface area contributed by atoms with Gasteiger partial charge in [0.25, 0.3) is 0 Å². The quantitative estimate of drug-likeness (QED) is 0.846. The number of urea groups is 1. The number of rotatable bonds is 7. The lowest BCUT2D eigenvalue weighted by Crippen LogP contribution is -2.39. The number of carbonyl (C=O) groups is 1. The number of carbonyl (C=O) groups excluding carboxylic acids is 1. The second-order valence-electron chi connectivity index (χ2n) is 6.39. The van der Waals surface area contributed by atoms with Crippen molar-refractivity contribution in [1.29, 1.82) is 0 Å². The largest absolute Gasteiger partial charge is 0.337 e. The van der Waals surface area contributed by atoms with Gasteiger partial charge in [-0.1, -0.05) is 41.9 Å². The smallest absolute Gasteiger partial charge is 0.318 e. The first-order chi connectivity index (χ1) is 11.7. The molecular weight excluding hydrogens is 304 g/mol. The second-order valence-corrected chi connectivity index (χ2v) is 6.39. The van der Waals surface area contributed by atoms with Crippen molar-refractivity contribution in [1.82, 2.24) is 20.4 Å². The van der Waals surface area contributed by atoms with Crippen LogP contribution in [0.1, 0.15) is 54.9 Å². The average Bonchev–Trinajstić information content (AvgIpc) is 3.33. The Balaban J connectivity index is 1.55. The maximum absolute atomic E-state index is 12.5. The molecule has 3 rings (SSSR count). The minimum absolute atomic E-state index is 0.108. The van der Waals surface area contributed by atoms with E-state index >= 15 is 0 Å². The number of nitrogens with zero attached hydrogens (tertiary/aromatic N) is 3. The first-order valence-electron chi connectivity index (χ1n) is 8.56. The molecule has 6 nitrogen and oxygen atoms in total. The Bertz CT molecular complexity index is 677. The molecule has 0 spiro atoms. The van der Waals surface area contributed by atoms with Gasteiger partial charge >= 0.3 is 6.03 Å². The summed E-state index contributed by atoms with van der Waals surface area (Å²) in [5.74, 6) is 1.69. The van der Waals surface area contributed by atoms with Gasteiger partial charge in [-0.15, -0.1) is 0 Å². The topological polar surface area (TPSA) is 71.3 Å². The summed E-state index contributed by atoms with van der Waals surface area (Å²) in [5, 5.41) is 6.84. The lowest BCUT2D eigenvalue weighted by molar-refractivity contribution is 0.193. The third-order valence-corrected chi connectivity index (χ3v) is 4.09. The maximum atomic E-state index is 12.5. The second kappa shape index (κ2) is 7.47. The van der Waals surface area contributed by atoms with Crippen LogP contribution in [-0.4, -0.2) is 27.6 Å². The van der Waals surface area contributed by atoms with Gasteiger partial charge in [-0.3, -0.25) is 0 Å². The first kappa shape index (κ1) is 16.5. The normalized spacial score (nSPS) is 13.8. The summed E-state index contributed by atoms with van der Waals surface area (Å²) in [6.07, 6.45) is 3.17. The number of aryl methyl sites for hydroxylation is 1. The van der Waals surface area contributed by atoms with Gasteiger partial charge in [0.1, 0.15) is 0 Å². The highest BCUT2D eigenvalue weighted by Crippen LogP contribution is 2.38. The minimum Gasteiger partial charge on any atom is -0.337 e. The summed E-state index contributed by atoms with van der Waals surface area (Å²) in [6, 6.07) is 8.14. The van der Waals surface area contributed by atoms with E-state index in [4.69, 9.17) is 4.52 Å². The van der Waals surface area contributed by atoms with E-state index in [9.17, 15) is 4.79 Å². The highest BCUT2D eigenvalue weighted by Gasteiger charge is 2.28. The van der Waals surface area contributed by atoms with Crippen molar-refractivity contribution in [2.75, 3.05) is 6.54 Å². The van der Waals surface area contributed by atoms with Gasteiger partial charge in [0.15, 0.2) is 5.82 Å². The minimum atomic E-state index is -0.108. The van der Waals surface area contributed by atoms with Crippen LogP contribution < -0.4 is 5.32 Å². The highest BCUT2D eigenvalue weighted by atomic mass is 16.5. The van der Waals surface area contributed by atoms with Gasteiger partial charge in [0.05, 0.1) is 6.54 Å². The average molecular weight is 328 g/mol. The van der Waals surface area contributed by atoms with Crippen molar-refractivity contribution < 1.29 is 9.32 Å². The molecule has 24 heavy (non-hydrogen) atoms. The number of nitrogens with one attached hydrogen (secondary N) is 1. The van der Waals surface area contributed by atoms with Crippen LogP contribution in [0.4, 0.5) is 4.79 Å². The summed E-state index contributed by atoms with van der Waals surface area (Å²) < 4.78 is 5.19. The fourth-order valence-corrected chi connectivity index (χ4v) is 2.55. The van der Waals surface area contributed by atoms with Crippen LogP contribution in [0.3, 0.4) is 0 Å². The summed E-state index contributed by atoms with van der Waals surface area (Å²) >= 11 is 0. The molecule has 0 saturated heterocycles. The van der Waals surface area contributed by atoms with Crippen LogP contribution in [0, 0.1) is 6.92 Å².